The summed E-state index contributed by atoms with van der Waals surface area (Å²) < 4.78 is 5.60. The molecule has 0 aliphatic heterocycles. The highest BCUT2D eigenvalue weighted by atomic mass is 16.5. The average molecular weight is 465 g/mol. The predicted molar refractivity (Wildman–Crippen MR) is 128 cm³/mol. The van der Waals surface area contributed by atoms with Crippen LogP contribution in [0.15, 0.2) is 48.5 Å². The lowest BCUT2D eigenvalue weighted by molar-refractivity contribution is -0.141. The van der Waals surface area contributed by atoms with Crippen molar-refractivity contribution in [3.8, 4) is 11.1 Å². The molecular formula is C27H32N2O5. The van der Waals surface area contributed by atoms with E-state index >= 15 is 0 Å². The van der Waals surface area contributed by atoms with Gasteiger partial charge in [0.1, 0.15) is 6.61 Å². The standard InChI is InChI=1S/C27H32N2O5/c1-17(26(31)32)13-14-28-25(30)19-12-6-7-18(19)15-29-27(33)34-16-24-22-10-4-2-8-20(22)21-9-3-5-11-23(21)24/h2-5,8-11,17-19,24H,6-7,12-16H2,1H3,(H,28,30)(H,29,33)(H,31,32)/t17?,18-,19-/m0/s1. The number of benzene rings is 2. The first-order chi connectivity index (χ1) is 16.5. The van der Waals surface area contributed by atoms with Crippen molar-refractivity contribution in [1.29, 1.82) is 0 Å². The third-order valence-corrected chi connectivity index (χ3v) is 7.15. The summed E-state index contributed by atoms with van der Waals surface area (Å²) in [6, 6.07) is 16.4. The number of nitrogens with one attached hydrogen (secondary N) is 2. The number of hydrogen-bond donors (Lipinski definition) is 3. The second-order valence-electron chi connectivity index (χ2n) is 9.32. The monoisotopic (exact) mass is 464 g/mol. The van der Waals surface area contributed by atoms with Gasteiger partial charge in [0, 0.05) is 24.9 Å². The minimum absolute atomic E-state index is 0.0105. The van der Waals surface area contributed by atoms with Crippen molar-refractivity contribution < 1.29 is 24.2 Å². The van der Waals surface area contributed by atoms with Crippen LogP contribution in [0.1, 0.15) is 49.7 Å². The second-order valence-corrected chi connectivity index (χ2v) is 9.32. The molecule has 3 N–H and O–H groups in total. The van der Waals surface area contributed by atoms with E-state index in [1.165, 1.54) is 22.3 Å². The van der Waals surface area contributed by atoms with Gasteiger partial charge in [0.15, 0.2) is 0 Å². The van der Waals surface area contributed by atoms with E-state index in [1.54, 1.807) is 6.92 Å². The van der Waals surface area contributed by atoms with Gasteiger partial charge in [-0.1, -0.05) is 61.9 Å². The Hall–Kier alpha value is -3.35. The van der Waals surface area contributed by atoms with Crippen LogP contribution in [0.3, 0.4) is 0 Å². The Balaban J connectivity index is 1.26. The number of amides is 2. The number of aliphatic carboxylic acids is 1. The van der Waals surface area contributed by atoms with Gasteiger partial charge in [0.25, 0.3) is 0 Å². The molecule has 2 aliphatic rings. The predicted octanol–water partition coefficient (Wildman–Crippen LogP) is 4.17. The van der Waals surface area contributed by atoms with Gasteiger partial charge in [0.05, 0.1) is 5.92 Å². The van der Waals surface area contributed by atoms with Crippen molar-refractivity contribution in [2.24, 2.45) is 17.8 Å². The molecule has 0 bridgehead atoms. The maximum atomic E-state index is 12.6. The normalized spacial score (nSPS) is 19.7. The fraction of sp³-hybridized carbons (Fsp3) is 0.444. The summed E-state index contributed by atoms with van der Waals surface area (Å²) in [5.41, 5.74) is 4.71. The molecular weight excluding hydrogens is 432 g/mol. The van der Waals surface area contributed by atoms with Gasteiger partial charge in [-0.3, -0.25) is 9.59 Å². The van der Waals surface area contributed by atoms with Crippen molar-refractivity contribution in [2.75, 3.05) is 19.7 Å². The van der Waals surface area contributed by atoms with Crippen LogP contribution < -0.4 is 10.6 Å². The Morgan fingerprint density at radius 2 is 1.65 bits per heavy atom. The lowest BCUT2D eigenvalue weighted by Crippen LogP contribution is -2.38. The number of carboxylic acid groups (broad SMARTS) is 1. The van der Waals surface area contributed by atoms with E-state index < -0.39 is 18.0 Å². The molecule has 0 radical (unpaired) electrons. The van der Waals surface area contributed by atoms with Crippen molar-refractivity contribution in [3.05, 3.63) is 59.7 Å². The molecule has 1 saturated carbocycles. The lowest BCUT2D eigenvalue weighted by atomic mass is 9.95. The number of rotatable bonds is 9. The van der Waals surface area contributed by atoms with E-state index in [-0.39, 0.29) is 30.3 Å². The van der Waals surface area contributed by atoms with Gasteiger partial charge in [-0.25, -0.2) is 4.79 Å². The fourth-order valence-electron chi connectivity index (χ4n) is 5.16. The number of alkyl carbamates (subject to hydrolysis) is 1. The van der Waals surface area contributed by atoms with Crippen LogP contribution in [0.5, 0.6) is 0 Å². The molecule has 4 rings (SSSR count). The smallest absolute Gasteiger partial charge is 0.407 e. The number of carbonyl (C=O) groups is 3. The first-order valence-corrected chi connectivity index (χ1v) is 12.0. The zero-order chi connectivity index (χ0) is 24.1. The largest absolute Gasteiger partial charge is 0.481 e. The van der Waals surface area contributed by atoms with Crippen molar-refractivity contribution in [3.63, 3.8) is 0 Å². The Morgan fingerprint density at radius 1 is 1.00 bits per heavy atom. The molecule has 0 heterocycles. The van der Waals surface area contributed by atoms with Crippen LogP contribution in [-0.2, 0) is 14.3 Å². The molecule has 180 valence electrons. The molecule has 2 amide bonds. The van der Waals surface area contributed by atoms with Crippen LogP contribution >= 0.6 is 0 Å². The molecule has 2 aliphatic carbocycles. The molecule has 1 unspecified atom stereocenters. The number of fused-ring (bicyclic) bond motifs is 3. The van der Waals surface area contributed by atoms with E-state index in [0.29, 0.717) is 19.5 Å². The molecule has 0 saturated heterocycles. The summed E-state index contributed by atoms with van der Waals surface area (Å²) in [6.07, 6.45) is 2.50. The van der Waals surface area contributed by atoms with Gasteiger partial charge in [-0.15, -0.1) is 0 Å². The highest BCUT2D eigenvalue weighted by Crippen LogP contribution is 2.44. The maximum absolute atomic E-state index is 12.6. The van der Waals surface area contributed by atoms with E-state index in [0.717, 1.165) is 19.3 Å². The topological polar surface area (TPSA) is 105 Å². The number of ether oxygens (including phenoxy) is 1. The Bertz CT molecular complexity index is 1010. The van der Waals surface area contributed by atoms with Crippen LogP contribution in [0.25, 0.3) is 11.1 Å². The summed E-state index contributed by atoms with van der Waals surface area (Å²) in [6.45, 7) is 2.62. The van der Waals surface area contributed by atoms with Crippen LogP contribution in [0.2, 0.25) is 0 Å². The van der Waals surface area contributed by atoms with E-state index in [1.807, 2.05) is 24.3 Å². The van der Waals surface area contributed by atoms with Crippen molar-refractivity contribution in [2.45, 2.75) is 38.5 Å². The summed E-state index contributed by atoms with van der Waals surface area (Å²) in [4.78, 5) is 36.0. The summed E-state index contributed by atoms with van der Waals surface area (Å²) in [5, 5.41) is 14.7. The SMILES string of the molecule is CC(CCNC(=O)[C@H]1CCC[C@H]1CNC(=O)OCC1c2ccccc2-c2ccccc21)C(=O)O. The maximum Gasteiger partial charge on any atom is 0.407 e. The number of carbonyl (C=O) groups excluding carboxylic acids is 2. The Morgan fingerprint density at radius 3 is 2.29 bits per heavy atom. The third-order valence-electron chi connectivity index (χ3n) is 7.15. The van der Waals surface area contributed by atoms with Crippen LogP contribution in [0, 0.1) is 17.8 Å². The lowest BCUT2D eigenvalue weighted by Gasteiger charge is -2.20. The van der Waals surface area contributed by atoms with Gasteiger partial charge >= 0.3 is 12.1 Å². The minimum Gasteiger partial charge on any atom is -0.481 e. The molecule has 0 spiro atoms. The van der Waals surface area contributed by atoms with E-state index in [2.05, 4.69) is 34.9 Å². The van der Waals surface area contributed by atoms with Gasteiger partial charge in [-0.05, 0) is 47.4 Å². The zero-order valence-corrected chi connectivity index (χ0v) is 19.5. The van der Waals surface area contributed by atoms with Crippen molar-refractivity contribution in [1.82, 2.24) is 10.6 Å². The Labute approximate surface area is 199 Å². The molecule has 1 fully saturated rings. The zero-order valence-electron chi connectivity index (χ0n) is 19.5. The van der Waals surface area contributed by atoms with Crippen LogP contribution in [-0.4, -0.2) is 42.8 Å². The minimum atomic E-state index is -0.861. The molecule has 34 heavy (non-hydrogen) atoms. The second kappa shape index (κ2) is 10.7. The van der Waals surface area contributed by atoms with E-state index in [9.17, 15) is 14.4 Å². The van der Waals surface area contributed by atoms with Crippen LogP contribution in [0.4, 0.5) is 4.79 Å². The highest BCUT2D eigenvalue weighted by Gasteiger charge is 2.33. The average Bonchev–Trinajstić information content (AvgIpc) is 3.44. The highest BCUT2D eigenvalue weighted by molar-refractivity contribution is 5.80. The summed E-state index contributed by atoms with van der Waals surface area (Å²) in [5.74, 6) is -1.52. The third kappa shape index (κ3) is 5.24. The van der Waals surface area contributed by atoms with Crippen molar-refractivity contribution >= 4 is 18.0 Å². The molecule has 7 heteroatoms. The summed E-state index contributed by atoms with van der Waals surface area (Å²) >= 11 is 0. The molecule has 2 aromatic rings. The van der Waals surface area contributed by atoms with Gasteiger partial charge in [0.2, 0.25) is 5.91 Å². The number of carboxylic acids is 1. The van der Waals surface area contributed by atoms with Gasteiger partial charge in [-0.2, -0.15) is 0 Å². The fourth-order valence-corrected chi connectivity index (χ4v) is 5.16. The first kappa shape index (κ1) is 23.8. The first-order valence-electron chi connectivity index (χ1n) is 12.0. The van der Waals surface area contributed by atoms with E-state index in [4.69, 9.17) is 9.84 Å². The quantitative estimate of drug-likeness (QED) is 0.517. The molecule has 0 aromatic heterocycles. The number of hydrogen-bond acceptors (Lipinski definition) is 4. The summed E-state index contributed by atoms with van der Waals surface area (Å²) in [7, 11) is 0. The Kier molecular flexibility index (Phi) is 7.50. The molecule has 3 atom stereocenters. The molecule has 7 nitrogen and oxygen atoms in total. The van der Waals surface area contributed by atoms with Gasteiger partial charge < -0.3 is 20.5 Å². The molecule has 2 aromatic carbocycles.